The molecule has 2 aromatic heterocycles. The second kappa shape index (κ2) is 4.77. The molecule has 1 N–H and O–H groups in total. The molecule has 0 aliphatic carbocycles. The van der Waals surface area contributed by atoms with E-state index >= 15 is 0 Å². The highest BCUT2D eigenvalue weighted by molar-refractivity contribution is 7.94. The van der Waals surface area contributed by atoms with Crippen LogP contribution in [-0.4, -0.2) is 40.0 Å². The van der Waals surface area contributed by atoms with E-state index in [4.69, 9.17) is 0 Å². The van der Waals surface area contributed by atoms with Crippen LogP contribution in [0.4, 0.5) is 5.82 Å². The molecular formula is C14H19N5O2S. The number of rotatable bonds is 2. The third-order valence-electron chi connectivity index (χ3n) is 3.52. The summed E-state index contributed by atoms with van der Waals surface area (Å²) < 4.78 is 24.8. The molecule has 8 heteroatoms. The van der Waals surface area contributed by atoms with Crippen molar-refractivity contribution in [2.24, 2.45) is 7.05 Å². The van der Waals surface area contributed by atoms with Crippen molar-refractivity contribution in [1.29, 1.82) is 0 Å². The van der Waals surface area contributed by atoms with Gasteiger partial charge in [0.05, 0.1) is 23.4 Å². The fourth-order valence-electron chi connectivity index (χ4n) is 2.31. The molecule has 7 nitrogen and oxygen atoms in total. The highest BCUT2D eigenvalue weighted by atomic mass is 32.2. The molecule has 22 heavy (non-hydrogen) atoms. The molecule has 0 saturated heterocycles. The normalized spacial score (nSPS) is 20.6. The number of fused-ring (bicyclic) bond motifs is 1. The molecule has 0 saturated carbocycles. The number of nitrogens with one attached hydrogen (secondary N) is 1. The lowest BCUT2D eigenvalue weighted by atomic mass is 9.95. The summed E-state index contributed by atoms with van der Waals surface area (Å²) in [6.45, 7) is 6.11. The number of hydrogen-bond donors (Lipinski definition) is 1. The largest absolute Gasteiger partial charge is 0.362 e. The maximum absolute atomic E-state index is 11.5. The highest BCUT2D eigenvalue weighted by Crippen LogP contribution is 2.27. The van der Waals surface area contributed by atoms with Gasteiger partial charge in [-0.3, -0.25) is 4.68 Å². The first kappa shape index (κ1) is 15.0. The molecule has 0 radical (unpaired) electrons. The monoisotopic (exact) mass is 321 g/mol. The number of anilines is 1. The molecular weight excluding hydrogens is 302 g/mol. The third kappa shape index (κ3) is 2.70. The Bertz CT molecular complexity index is 861. The molecule has 3 rings (SSSR count). The summed E-state index contributed by atoms with van der Waals surface area (Å²) in [6.07, 6.45) is 3.34. The summed E-state index contributed by atoms with van der Waals surface area (Å²) in [6, 6.07) is -0.281. The van der Waals surface area contributed by atoms with Crippen LogP contribution in [0.5, 0.6) is 0 Å². The van der Waals surface area contributed by atoms with E-state index in [-0.39, 0.29) is 17.2 Å². The van der Waals surface area contributed by atoms with Crippen LogP contribution in [0.25, 0.3) is 11.0 Å². The van der Waals surface area contributed by atoms with Gasteiger partial charge in [0.25, 0.3) is 0 Å². The molecule has 0 spiro atoms. The first-order valence-electron chi connectivity index (χ1n) is 7.03. The maximum Gasteiger partial charge on any atom is 0.173 e. The highest BCUT2D eigenvalue weighted by Gasteiger charge is 2.25. The van der Waals surface area contributed by atoms with Gasteiger partial charge in [-0.2, -0.15) is 5.10 Å². The Hall–Kier alpha value is -1.96. The molecule has 2 aromatic rings. The molecule has 0 bridgehead atoms. The summed E-state index contributed by atoms with van der Waals surface area (Å²) in [5.41, 5.74) is 0.513. The summed E-state index contributed by atoms with van der Waals surface area (Å²) in [5, 5.41) is 9.45. The van der Waals surface area contributed by atoms with Crippen molar-refractivity contribution in [2.75, 3.05) is 11.1 Å². The predicted octanol–water partition coefficient (Wildman–Crippen LogP) is 1.38. The molecule has 0 aromatic carbocycles. The van der Waals surface area contributed by atoms with Crippen molar-refractivity contribution >= 4 is 26.7 Å². The SMILES string of the molecule is Cn1ncc2c(NC3C=CS(=O)(=O)C3)nc(C(C)(C)C)nc21. The first-order chi connectivity index (χ1) is 10.2. The minimum Gasteiger partial charge on any atom is -0.362 e. The van der Waals surface area contributed by atoms with Crippen molar-refractivity contribution < 1.29 is 8.42 Å². The van der Waals surface area contributed by atoms with Gasteiger partial charge in [-0.1, -0.05) is 20.8 Å². The topological polar surface area (TPSA) is 89.8 Å². The lowest BCUT2D eigenvalue weighted by molar-refractivity contribution is 0.547. The van der Waals surface area contributed by atoms with Gasteiger partial charge in [-0.25, -0.2) is 18.4 Å². The number of nitrogens with zero attached hydrogens (tertiary/aromatic N) is 4. The van der Waals surface area contributed by atoms with E-state index in [9.17, 15) is 8.42 Å². The van der Waals surface area contributed by atoms with Crippen LogP contribution >= 0.6 is 0 Å². The Morgan fingerprint density at radius 1 is 1.32 bits per heavy atom. The fourth-order valence-corrected chi connectivity index (χ4v) is 3.54. The van der Waals surface area contributed by atoms with Crippen LogP contribution < -0.4 is 5.32 Å². The van der Waals surface area contributed by atoms with Crippen LogP contribution in [-0.2, 0) is 22.3 Å². The molecule has 0 fully saturated rings. The number of sulfone groups is 1. The fraction of sp³-hybridized carbons (Fsp3) is 0.500. The molecule has 1 aliphatic heterocycles. The van der Waals surface area contributed by atoms with E-state index in [0.717, 1.165) is 11.0 Å². The smallest absolute Gasteiger partial charge is 0.173 e. The average Bonchev–Trinajstić information content (AvgIpc) is 2.92. The van der Waals surface area contributed by atoms with Gasteiger partial charge < -0.3 is 5.32 Å². The molecule has 1 aliphatic rings. The summed E-state index contributed by atoms with van der Waals surface area (Å²) >= 11 is 0. The standard InChI is InChI=1S/C14H19N5O2S/c1-14(2,3)13-17-11(10-7-15-19(4)12(10)18-13)16-9-5-6-22(20,21)8-9/h5-7,9H,8H2,1-4H3,(H,16,17,18). The van der Waals surface area contributed by atoms with Gasteiger partial charge in [0.2, 0.25) is 0 Å². The van der Waals surface area contributed by atoms with Crippen LogP contribution in [0.3, 0.4) is 0 Å². The number of aromatic nitrogens is 4. The van der Waals surface area contributed by atoms with Gasteiger partial charge in [-0.05, 0) is 6.08 Å². The minimum atomic E-state index is -3.11. The Morgan fingerprint density at radius 3 is 2.64 bits per heavy atom. The summed E-state index contributed by atoms with van der Waals surface area (Å²) in [4.78, 5) is 9.18. The second-order valence-electron chi connectivity index (χ2n) is 6.56. The van der Waals surface area contributed by atoms with Gasteiger partial charge in [0, 0.05) is 17.9 Å². The maximum atomic E-state index is 11.5. The van der Waals surface area contributed by atoms with Crippen LogP contribution in [0, 0.1) is 0 Å². The minimum absolute atomic E-state index is 0.0452. The lowest BCUT2D eigenvalue weighted by Crippen LogP contribution is -2.24. The number of aryl methyl sites for hydroxylation is 1. The quantitative estimate of drug-likeness (QED) is 0.899. The van der Waals surface area contributed by atoms with Gasteiger partial charge in [0.1, 0.15) is 11.6 Å². The van der Waals surface area contributed by atoms with Crippen LogP contribution in [0.2, 0.25) is 0 Å². The summed E-state index contributed by atoms with van der Waals surface area (Å²) in [5.74, 6) is 1.36. The third-order valence-corrected chi connectivity index (χ3v) is 4.91. The average molecular weight is 321 g/mol. The van der Waals surface area contributed by atoms with Crippen LogP contribution in [0.1, 0.15) is 26.6 Å². The van der Waals surface area contributed by atoms with Gasteiger partial charge in [0.15, 0.2) is 15.5 Å². The van der Waals surface area contributed by atoms with Gasteiger partial charge >= 0.3 is 0 Å². The van der Waals surface area contributed by atoms with E-state index in [1.165, 1.54) is 5.41 Å². The lowest BCUT2D eigenvalue weighted by Gasteiger charge is -2.19. The zero-order chi connectivity index (χ0) is 16.1. The van der Waals surface area contributed by atoms with Crippen LogP contribution in [0.15, 0.2) is 17.7 Å². The van der Waals surface area contributed by atoms with Crippen molar-refractivity contribution in [3.8, 4) is 0 Å². The predicted molar refractivity (Wildman–Crippen MR) is 85.3 cm³/mol. The van der Waals surface area contributed by atoms with E-state index in [0.29, 0.717) is 11.6 Å². The Balaban J connectivity index is 2.06. The van der Waals surface area contributed by atoms with E-state index < -0.39 is 9.84 Å². The van der Waals surface area contributed by atoms with Crippen molar-refractivity contribution in [3.05, 3.63) is 23.5 Å². The molecule has 118 valence electrons. The molecule has 0 amide bonds. The first-order valence-corrected chi connectivity index (χ1v) is 8.75. The van der Waals surface area contributed by atoms with Crippen molar-refractivity contribution in [1.82, 2.24) is 19.7 Å². The summed E-state index contributed by atoms with van der Waals surface area (Å²) in [7, 11) is -1.28. The Kier molecular flexibility index (Phi) is 3.24. The molecule has 1 unspecified atom stereocenters. The molecule has 3 heterocycles. The van der Waals surface area contributed by atoms with E-state index in [1.807, 2.05) is 27.8 Å². The van der Waals surface area contributed by atoms with E-state index in [2.05, 4.69) is 20.4 Å². The Morgan fingerprint density at radius 2 is 2.05 bits per heavy atom. The van der Waals surface area contributed by atoms with E-state index in [1.54, 1.807) is 17.0 Å². The van der Waals surface area contributed by atoms with Crippen molar-refractivity contribution in [3.63, 3.8) is 0 Å². The Labute approximate surface area is 129 Å². The molecule has 1 atom stereocenters. The second-order valence-corrected chi connectivity index (χ2v) is 8.49. The van der Waals surface area contributed by atoms with Gasteiger partial charge in [-0.15, -0.1) is 0 Å². The zero-order valence-corrected chi connectivity index (χ0v) is 13.8. The number of hydrogen-bond acceptors (Lipinski definition) is 6. The zero-order valence-electron chi connectivity index (χ0n) is 13.0. The van der Waals surface area contributed by atoms with Crippen molar-refractivity contribution in [2.45, 2.75) is 32.2 Å².